The Morgan fingerprint density at radius 3 is 2.41 bits per heavy atom. The molecule has 1 saturated heterocycles. The zero-order valence-corrected chi connectivity index (χ0v) is 13.1. The molecule has 1 heterocycles. The Bertz CT molecular complexity index is 482. The number of esters is 1. The third-order valence-corrected chi connectivity index (χ3v) is 3.81. The first-order valence-corrected chi connectivity index (χ1v) is 7.93. The van der Waals surface area contributed by atoms with Crippen LogP contribution >= 0.6 is 0 Å². The monoisotopic (exact) mass is 304 g/mol. The van der Waals surface area contributed by atoms with Crippen molar-refractivity contribution < 1.29 is 14.3 Å². The molecule has 0 radical (unpaired) electrons. The topological polar surface area (TPSA) is 58.6 Å². The van der Waals surface area contributed by atoms with Gasteiger partial charge in [0.2, 0.25) is 0 Å². The molecule has 2 rings (SSSR count). The third-order valence-electron chi connectivity index (χ3n) is 3.81. The molecule has 1 N–H and O–H groups in total. The van der Waals surface area contributed by atoms with Crippen molar-refractivity contribution in [2.24, 2.45) is 0 Å². The smallest absolute Gasteiger partial charge is 0.328 e. The van der Waals surface area contributed by atoms with Crippen LogP contribution in [0.4, 0.5) is 4.79 Å². The Morgan fingerprint density at radius 1 is 1.14 bits per heavy atom. The molecule has 2 amide bonds. The minimum absolute atomic E-state index is 0.175. The van der Waals surface area contributed by atoms with Crippen molar-refractivity contribution in [3.8, 4) is 0 Å². The molecular formula is C17H24N2O3. The van der Waals surface area contributed by atoms with Gasteiger partial charge in [-0.05, 0) is 25.3 Å². The van der Waals surface area contributed by atoms with Crippen LogP contribution in [0.1, 0.15) is 38.2 Å². The van der Waals surface area contributed by atoms with Gasteiger partial charge >= 0.3 is 12.0 Å². The second kappa shape index (κ2) is 8.41. The number of amides is 2. The fraction of sp³-hybridized carbons (Fsp3) is 0.529. The van der Waals surface area contributed by atoms with E-state index in [4.69, 9.17) is 4.74 Å². The summed E-state index contributed by atoms with van der Waals surface area (Å²) < 4.78 is 5.23. The summed E-state index contributed by atoms with van der Waals surface area (Å²) in [5.74, 6) is -0.410. The van der Waals surface area contributed by atoms with E-state index in [1.54, 1.807) is 11.8 Å². The molecule has 1 aliphatic heterocycles. The highest BCUT2D eigenvalue weighted by atomic mass is 16.5. The summed E-state index contributed by atoms with van der Waals surface area (Å²) in [5, 5.41) is 2.73. The summed E-state index contributed by atoms with van der Waals surface area (Å²) in [6.07, 6.45) is 4.39. The number of nitrogens with zero attached hydrogens (tertiary/aromatic N) is 1. The van der Waals surface area contributed by atoms with Crippen LogP contribution in [0.25, 0.3) is 0 Å². The largest absolute Gasteiger partial charge is 0.459 e. The lowest BCUT2D eigenvalue weighted by atomic mass is 10.2. The molecule has 120 valence electrons. The molecule has 5 nitrogen and oxygen atoms in total. The molecule has 1 unspecified atom stereocenters. The molecule has 22 heavy (non-hydrogen) atoms. The lowest BCUT2D eigenvalue weighted by Crippen LogP contribution is -2.47. The molecule has 1 aliphatic rings. The summed E-state index contributed by atoms with van der Waals surface area (Å²) in [7, 11) is 0. The molecular weight excluding hydrogens is 280 g/mol. The molecule has 5 heteroatoms. The molecule has 1 aromatic rings. The van der Waals surface area contributed by atoms with Gasteiger partial charge in [0.05, 0.1) is 0 Å². The second-order valence-electron chi connectivity index (χ2n) is 5.67. The average Bonchev–Trinajstić information content (AvgIpc) is 2.82. The maximum absolute atomic E-state index is 12.1. The van der Waals surface area contributed by atoms with Crippen molar-refractivity contribution in [2.75, 3.05) is 13.1 Å². The van der Waals surface area contributed by atoms with Crippen molar-refractivity contribution in [3.63, 3.8) is 0 Å². The minimum atomic E-state index is -0.639. The molecule has 1 fully saturated rings. The van der Waals surface area contributed by atoms with E-state index in [1.165, 1.54) is 12.8 Å². The first-order chi connectivity index (χ1) is 10.7. The SMILES string of the molecule is CC(NC(=O)N1CCCCCC1)C(=O)OCc1ccccc1. The third kappa shape index (κ3) is 5.06. The highest BCUT2D eigenvalue weighted by molar-refractivity contribution is 5.83. The Hall–Kier alpha value is -2.04. The number of ether oxygens (including phenoxy) is 1. The van der Waals surface area contributed by atoms with E-state index in [0.717, 1.165) is 31.5 Å². The van der Waals surface area contributed by atoms with Crippen LogP contribution < -0.4 is 5.32 Å². The number of carbonyl (C=O) groups is 2. The summed E-state index contributed by atoms with van der Waals surface area (Å²) in [4.78, 5) is 25.9. The Morgan fingerprint density at radius 2 is 1.77 bits per heavy atom. The van der Waals surface area contributed by atoms with Crippen molar-refractivity contribution in [1.82, 2.24) is 10.2 Å². The number of urea groups is 1. The van der Waals surface area contributed by atoms with Gasteiger partial charge in [-0.3, -0.25) is 0 Å². The maximum atomic E-state index is 12.1. The molecule has 0 aromatic heterocycles. The van der Waals surface area contributed by atoms with Gasteiger partial charge in [0.25, 0.3) is 0 Å². The molecule has 1 aromatic carbocycles. The van der Waals surface area contributed by atoms with Gasteiger partial charge in [-0.2, -0.15) is 0 Å². The predicted molar refractivity (Wildman–Crippen MR) is 84.3 cm³/mol. The predicted octanol–water partition coefficient (Wildman–Crippen LogP) is 2.70. The normalized spacial score (nSPS) is 16.5. The Labute approximate surface area is 131 Å². The number of likely N-dealkylation sites (tertiary alicyclic amines) is 1. The molecule has 0 aliphatic carbocycles. The van der Waals surface area contributed by atoms with E-state index in [0.29, 0.717) is 0 Å². The van der Waals surface area contributed by atoms with E-state index >= 15 is 0 Å². The van der Waals surface area contributed by atoms with Gasteiger partial charge in [-0.25, -0.2) is 9.59 Å². The summed E-state index contributed by atoms with van der Waals surface area (Å²) in [5.41, 5.74) is 0.932. The standard InChI is InChI=1S/C17H24N2O3/c1-14(16(20)22-13-15-9-5-4-6-10-15)18-17(21)19-11-7-2-3-8-12-19/h4-6,9-10,14H,2-3,7-8,11-13H2,1H3,(H,18,21). The zero-order valence-electron chi connectivity index (χ0n) is 13.1. The van der Waals surface area contributed by atoms with Crippen LogP contribution in [0.15, 0.2) is 30.3 Å². The van der Waals surface area contributed by atoms with Crippen LogP contribution in [0.5, 0.6) is 0 Å². The van der Waals surface area contributed by atoms with Gasteiger partial charge < -0.3 is 15.0 Å². The fourth-order valence-corrected chi connectivity index (χ4v) is 2.46. The molecule has 0 saturated carbocycles. The maximum Gasteiger partial charge on any atom is 0.328 e. The minimum Gasteiger partial charge on any atom is -0.459 e. The lowest BCUT2D eigenvalue weighted by Gasteiger charge is -2.23. The van der Waals surface area contributed by atoms with E-state index < -0.39 is 12.0 Å². The van der Waals surface area contributed by atoms with Crippen molar-refractivity contribution in [1.29, 1.82) is 0 Å². The van der Waals surface area contributed by atoms with E-state index in [2.05, 4.69) is 5.32 Å². The van der Waals surface area contributed by atoms with Gasteiger partial charge in [-0.15, -0.1) is 0 Å². The van der Waals surface area contributed by atoms with Gasteiger partial charge in [0, 0.05) is 13.1 Å². The van der Waals surface area contributed by atoms with Crippen LogP contribution in [-0.4, -0.2) is 36.0 Å². The number of nitrogens with one attached hydrogen (secondary N) is 1. The highest BCUT2D eigenvalue weighted by Gasteiger charge is 2.21. The second-order valence-corrected chi connectivity index (χ2v) is 5.67. The van der Waals surface area contributed by atoms with E-state index in [9.17, 15) is 9.59 Å². The van der Waals surface area contributed by atoms with Crippen LogP contribution in [0.3, 0.4) is 0 Å². The molecule has 1 atom stereocenters. The molecule has 0 bridgehead atoms. The van der Waals surface area contributed by atoms with Crippen molar-refractivity contribution in [2.45, 2.75) is 45.3 Å². The quantitative estimate of drug-likeness (QED) is 0.870. The number of rotatable bonds is 4. The average molecular weight is 304 g/mol. The first-order valence-electron chi connectivity index (χ1n) is 7.93. The lowest BCUT2D eigenvalue weighted by molar-refractivity contribution is -0.146. The van der Waals surface area contributed by atoms with Gasteiger partial charge in [0.15, 0.2) is 0 Å². The van der Waals surface area contributed by atoms with Crippen LogP contribution in [0, 0.1) is 0 Å². The zero-order chi connectivity index (χ0) is 15.8. The summed E-state index contributed by atoms with van der Waals surface area (Å²) in [6, 6.07) is 8.68. The van der Waals surface area contributed by atoms with Crippen LogP contribution in [-0.2, 0) is 16.1 Å². The Balaban J connectivity index is 1.76. The van der Waals surface area contributed by atoms with Gasteiger partial charge in [0.1, 0.15) is 12.6 Å². The number of benzene rings is 1. The fourth-order valence-electron chi connectivity index (χ4n) is 2.46. The summed E-state index contributed by atoms with van der Waals surface area (Å²) >= 11 is 0. The van der Waals surface area contributed by atoms with Crippen LogP contribution in [0.2, 0.25) is 0 Å². The number of hydrogen-bond acceptors (Lipinski definition) is 3. The number of hydrogen-bond donors (Lipinski definition) is 1. The number of carbonyl (C=O) groups excluding carboxylic acids is 2. The Kier molecular flexibility index (Phi) is 6.25. The molecule has 0 spiro atoms. The van der Waals surface area contributed by atoms with Crippen molar-refractivity contribution in [3.05, 3.63) is 35.9 Å². The van der Waals surface area contributed by atoms with E-state index in [-0.39, 0.29) is 12.6 Å². The highest BCUT2D eigenvalue weighted by Crippen LogP contribution is 2.10. The van der Waals surface area contributed by atoms with Gasteiger partial charge in [-0.1, -0.05) is 43.2 Å². The first kappa shape index (κ1) is 16.3. The van der Waals surface area contributed by atoms with Crippen molar-refractivity contribution >= 4 is 12.0 Å². The van der Waals surface area contributed by atoms with E-state index in [1.807, 2.05) is 30.3 Å². The summed E-state index contributed by atoms with van der Waals surface area (Å²) in [6.45, 7) is 3.40.